The van der Waals surface area contributed by atoms with E-state index in [0.717, 1.165) is 0 Å². The van der Waals surface area contributed by atoms with Gasteiger partial charge in [0.15, 0.2) is 11.3 Å². The molecule has 0 saturated carbocycles. The predicted molar refractivity (Wildman–Crippen MR) is 69.0 cm³/mol. The highest BCUT2D eigenvalue weighted by molar-refractivity contribution is 6.68. The standard InChI is InChI=1S/C13H11ClO5/c1-6-9-7(12(14)15)4-5-8(17-2)11(9)19-10(6)13(16)18-3/h4-5H,1-3H3. The van der Waals surface area contributed by atoms with Crippen LogP contribution in [0.25, 0.3) is 11.0 Å². The van der Waals surface area contributed by atoms with Crippen LogP contribution in [0.15, 0.2) is 16.5 Å². The Morgan fingerprint density at radius 3 is 2.47 bits per heavy atom. The molecule has 2 rings (SSSR count). The minimum Gasteiger partial charge on any atom is -0.493 e. The number of aryl methyl sites for hydroxylation is 1. The van der Waals surface area contributed by atoms with Gasteiger partial charge in [-0.3, -0.25) is 4.79 Å². The summed E-state index contributed by atoms with van der Waals surface area (Å²) in [5.74, 6) is -0.181. The summed E-state index contributed by atoms with van der Waals surface area (Å²) in [4.78, 5) is 23.0. The first-order valence-electron chi connectivity index (χ1n) is 5.39. The van der Waals surface area contributed by atoms with E-state index in [-0.39, 0.29) is 11.3 Å². The maximum absolute atomic E-state index is 11.6. The third-order valence-electron chi connectivity index (χ3n) is 2.84. The molecule has 0 spiro atoms. The van der Waals surface area contributed by atoms with Crippen LogP contribution in [0.3, 0.4) is 0 Å². The Morgan fingerprint density at radius 1 is 1.26 bits per heavy atom. The fourth-order valence-corrected chi connectivity index (χ4v) is 2.10. The maximum Gasteiger partial charge on any atom is 0.374 e. The normalized spacial score (nSPS) is 10.5. The number of hydrogen-bond acceptors (Lipinski definition) is 5. The molecule has 0 aliphatic carbocycles. The number of furan rings is 1. The van der Waals surface area contributed by atoms with E-state index in [1.165, 1.54) is 20.3 Å². The number of carbonyl (C=O) groups excluding carboxylic acids is 2. The van der Waals surface area contributed by atoms with Gasteiger partial charge < -0.3 is 13.9 Å². The molecule has 0 radical (unpaired) electrons. The molecule has 0 aliphatic heterocycles. The van der Waals surface area contributed by atoms with Crippen LogP contribution in [0.1, 0.15) is 26.5 Å². The van der Waals surface area contributed by atoms with Crippen LogP contribution in [-0.2, 0) is 4.74 Å². The monoisotopic (exact) mass is 282 g/mol. The summed E-state index contributed by atoms with van der Waals surface area (Å²) in [7, 11) is 2.71. The molecule has 5 nitrogen and oxygen atoms in total. The van der Waals surface area contributed by atoms with Crippen molar-refractivity contribution in [3.63, 3.8) is 0 Å². The van der Waals surface area contributed by atoms with Gasteiger partial charge in [0, 0.05) is 16.5 Å². The molecular formula is C13H11ClO5. The largest absolute Gasteiger partial charge is 0.493 e. The molecule has 1 aromatic carbocycles. The van der Waals surface area contributed by atoms with Gasteiger partial charge in [-0.15, -0.1) is 0 Å². The molecule has 0 unspecified atom stereocenters. The molecule has 100 valence electrons. The first kappa shape index (κ1) is 13.4. The highest BCUT2D eigenvalue weighted by atomic mass is 35.5. The van der Waals surface area contributed by atoms with Crippen molar-refractivity contribution in [2.24, 2.45) is 0 Å². The van der Waals surface area contributed by atoms with E-state index in [9.17, 15) is 9.59 Å². The van der Waals surface area contributed by atoms with Crippen molar-refractivity contribution in [3.8, 4) is 5.75 Å². The van der Waals surface area contributed by atoms with Crippen LogP contribution < -0.4 is 4.74 Å². The molecule has 0 amide bonds. The van der Waals surface area contributed by atoms with Crippen molar-refractivity contribution in [1.29, 1.82) is 0 Å². The molecule has 0 saturated heterocycles. The third kappa shape index (κ3) is 2.06. The minimum absolute atomic E-state index is 0.0289. The lowest BCUT2D eigenvalue weighted by Crippen LogP contribution is -2.01. The molecule has 2 aromatic rings. The molecule has 6 heteroatoms. The fourth-order valence-electron chi connectivity index (χ4n) is 1.94. The second kappa shape index (κ2) is 4.93. The molecule has 0 N–H and O–H groups in total. The van der Waals surface area contributed by atoms with Gasteiger partial charge in [-0.1, -0.05) is 0 Å². The molecule has 0 bridgehead atoms. The number of ether oxygens (including phenoxy) is 2. The quantitative estimate of drug-likeness (QED) is 0.640. The number of carbonyl (C=O) groups is 2. The van der Waals surface area contributed by atoms with Crippen molar-refractivity contribution in [2.45, 2.75) is 6.92 Å². The molecule has 19 heavy (non-hydrogen) atoms. The van der Waals surface area contributed by atoms with Gasteiger partial charge in [0.05, 0.1) is 14.2 Å². The van der Waals surface area contributed by atoms with E-state index in [1.54, 1.807) is 13.0 Å². The van der Waals surface area contributed by atoms with Crippen LogP contribution in [0.5, 0.6) is 5.75 Å². The van der Waals surface area contributed by atoms with Crippen molar-refractivity contribution in [3.05, 3.63) is 29.0 Å². The first-order chi connectivity index (χ1) is 9.01. The zero-order valence-electron chi connectivity index (χ0n) is 10.6. The number of rotatable bonds is 3. The smallest absolute Gasteiger partial charge is 0.374 e. The van der Waals surface area contributed by atoms with E-state index in [2.05, 4.69) is 4.74 Å². The highest BCUT2D eigenvalue weighted by Gasteiger charge is 2.24. The van der Waals surface area contributed by atoms with Crippen LogP contribution >= 0.6 is 11.6 Å². The third-order valence-corrected chi connectivity index (χ3v) is 3.05. The van der Waals surface area contributed by atoms with Crippen LogP contribution in [-0.4, -0.2) is 25.4 Å². The number of halogens is 1. The number of benzene rings is 1. The van der Waals surface area contributed by atoms with E-state index >= 15 is 0 Å². The van der Waals surface area contributed by atoms with E-state index < -0.39 is 11.2 Å². The van der Waals surface area contributed by atoms with Gasteiger partial charge in [0.1, 0.15) is 0 Å². The van der Waals surface area contributed by atoms with E-state index in [1.807, 2.05) is 0 Å². The summed E-state index contributed by atoms with van der Waals surface area (Å²) in [6, 6.07) is 3.09. The van der Waals surface area contributed by atoms with Gasteiger partial charge in [-0.2, -0.15) is 0 Å². The predicted octanol–water partition coefficient (Wildman–Crippen LogP) is 2.92. The van der Waals surface area contributed by atoms with Crippen LogP contribution in [0.4, 0.5) is 0 Å². The van der Waals surface area contributed by atoms with Crippen molar-refractivity contribution >= 4 is 33.8 Å². The topological polar surface area (TPSA) is 65.7 Å². The summed E-state index contributed by atoms with van der Waals surface area (Å²) in [5, 5.41) is -0.173. The number of hydrogen-bond donors (Lipinski definition) is 0. The Morgan fingerprint density at radius 2 is 1.95 bits per heavy atom. The summed E-state index contributed by atoms with van der Waals surface area (Å²) in [6.45, 7) is 1.65. The van der Waals surface area contributed by atoms with Crippen molar-refractivity contribution < 1.29 is 23.5 Å². The van der Waals surface area contributed by atoms with Gasteiger partial charge >= 0.3 is 5.97 Å². The molecule has 0 atom stereocenters. The average Bonchev–Trinajstić information content (AvgIpc) is 2.75. The zero-order valence-corrected chi connectivity index (χ0v) is 11.3. The lowest BCUT2D eigenvalue weighted by Gasteiger charge is -2.02. The van der Waals surface area contributed by atoms with E-state index in [0.29, 0.717) is 22.3 Å². The van der Waals surface area contributed by atoms with Gasteiger partial charge in [-0.05, 0) is 30.7 Å². The summed E-state index contributed by atoms with van der Waals surface area (Å²) in [6.07, 6.45) is 0. The summed E-state index contributed by atoms with van der Waals surface area (Å²) in [5.41, 5.74) is 1.05. The lowest BCUT2D eigenvalue weighted by molar-refractivity contribution is 0.0566. The summed E-state index contributed by atoms with van der Waals surface area (Å²) >= 11 is 5.53. The Kier molecular flexibility index (Phi) is 3.48. The Labute approximate surface area is 114 Å². The van der Waals surface area contributed by atoms with Gasteiger partial charge in [0.2, 0.25) is 5.76 Å². The Balaban J connectivity index is 2.86. The minimum atomic E-state index is -0.632. The zero-order chi connectivity index (χ0) is 14.2. The Hall–Kier alpha value is -2.01. The number of esters is 1. The highest BCUT2D eigenvalue weighted by Crippen LogP contribution is 2.35. The second-order valence-electron chi connectivity index (χ2n) is 3.84. The molecule has 1 heterocycles. The first-order valence-corrected chi connectivity index (χ1v) is 5.77. The Bertz CT molecular complexity index is 671. The summed E-state index contributed by atoms with van der Waals surface area (Å²) < 4.78 is 15.2. The maximum atomic E-state index is 11.6. The fraction of sp³-hybridized carbons (Fsp3) is 0.231. The number of methoxy groups -OCH3 is 2. The van der Waals surface area contributed by atoms with Gasteiger partial charge in [0.25, 0.3) is 5.24 Å². The SMILES string of the molecule is COC(=O)c1oc2c(OC)ccc(C(=O)Cl)c2c1C. The molecule has 0 aliphatic rings. The molecule has 1 aromatic heterocycles. The van der Waals surface area contributed by atoms with Crippen molar-refractivity contribution in [2.75, 3.05) is 14.2 Å². The lowest BCUT2D eigenvalue weighted by atomic mass is 10.1. The second-order valence-corrected chi connectivity index (χ2v) is 4.18. The average molecular weight is 283 g/mol. The van der Waals surface area contributed by atoms with Crippen LogP contribution in [0.2, 0.25) is 0 Å². The molecular weight excluding hydrogens is 272 g/mol. The van der Waals surface area contributed by atoms with Crippen molar-refractivity contribution in [1.82, 2.24) is 0 Å². The molecule has 0 fully saturated rings. The number of fused-ring (bicyclic) bond motifs is 1. The van der Waals surface area contributed by atoms with Crippen LogP contribution in [0, 0.1) is 6.92 Å². The van der Waals surface area contributed by atoms with E-state index in [4.69, 9.17) is 20.8 Å². The van der Waals surface area contributed by atoms with Gasteiger partial charge in [-0.25, -0.2) is 4.79 Å².